The van der Waals surface area contributed by atoms with Crippen molar-refractivity contribution in [1.29, 1.82) is 0 Å². The second-order valence-electron chi connectivity index (χ2n) is 2.94. The van der Waals surface area contributed by atoms with Crippen molar-refractivity contribution in [3.63, 3.8) is 0 Å². The number of hydrogen-bond donors (Lipinski definition) is 0. The highest BCUT2D eigenvalue weighted by Crippen LogP contribution is 2.29. The maximum absolute atomic E-state index is 13.0. The van der Waals surface area contributed by atoms with Crippen LogP contribution in [0.1, 0.15) is 10.6 Å². The summed E-state index contributed by atoms with van der Waals surface area (Å²) in [7, 11) is 0. The zero-order valence-electron chi connectivity index (χ0n) is 7.54. The van der Waals surface area contributed by atoms with E-state index in [-0.39, 0.29) is 11.6 Å². The van der Waals surface area contributed by atoms with Crippen LogP contribution in [0.2, 0.25) is 0 Å². The first kappa shape index (κ1) is 10.1. The van der Waals surface area contributed by atoms with E-state index in [9.17, 15) is 9.18 Å². The monoisotopic (exact) mass is 268 g/mol. The van der Waals surface area contributed by atoms with Gasteiger partial charge in [-0.2, -0.15) is 0 Å². The van der Waals surface area contributed by atoms with Crippen LogP contribution in [0.4, 0.5) is 4.39 Å². The van der Waals surface area contributed by atoms with E-state index in [1.54, 1.807) is 18.2 Å². The van der Waals surface area contributed by atoms with Crippen LogP contribution in [0.5, 0.6) is 0 Å². The molecule has 2 aromatic rings. The molecule has 0 amide bonds. The Bertz CT molecular complexity index is 505. The molecule has 0 N–H and O–H groups in total. The molecule has 1 aromatic carbocycles. The van der Waals surface area contributed by atoms with Crippen LogP contribution in [0.25, 0.3) is 11.3 Å². The summed E-state index contributed by atoms with van der Waals surface area (Å²) in [5.74, 6) is 0.335. The van der Waals surface area contributed by atoms with E-state index in [4.69, 9.17) is 4.42 Å². The SMILES string of the molecule is O=Cc1ccc(-c2cc(F)ccc2Br)o1. The second-order valence-corrected chi connectivity index (χ2v) is 3.80. The molecule has 1 heterocycles. The molecular weight excluding hydrogens is 263 g/mol. The highest BCUT2D eigenvalue weighted by atomic mass is 79.9. The van der Waals surface area contributed by atoms with Crippen LogP contribution in [0, 0.1) is 5.82 Å². The van der Waals surface area contributed by atoms with E-state index < -0.39 is 0 Å². The van der Waals surface area contributed by atoms with Gasteiger partial charge in [0.1, 0.15) is 11.6 Å². The summed E-state index contributed by atoms with van der Waals surface area (Å²) in [6, 6.07) is 7.45. The largest absolute Gasteiger partial charge is 0.453 e. The van der Waals surface area contributed by atoms with Gasteiger partial charge in [0.2, 0.25) is 0 Å². The molecule has 0 radical (unpaired) electrons. The van der Waals surface area contributed by atoms with Crippen LogP contribution >= 0.6 is 15.9 Å². The molecule has 0 saturated carbocycles. The lowest BCUT2D eigenvalue weighted by Crippen LogP contribution is -1.80. The summed E-state index contributed by atoms with van der Waals surface area (Å²) in [4.78, 5) is 10.4. The molecule has 4 heteroatoms. The lowest BCUT2D eigenvalue weighted by Gasteiger charge is -2.00. The fraction of sp³-hybridized carbons (Fsp3) is 0. The summed E-state index contributed by atoms with van der Waals surface area (Å²) < 4.78 is 18.9. The van der Waals surface area contributed by atoms with Crippen LogP contribution in [-0.4, -0.2) is 6.29 Å². The van der Waals surface area contributed by atoms with E-state index >= 15 is 0 Å². The Labute approximate surface area is 93.8 Å². The van der Waals surface area contributed by atoms with E-state index in [1.165, 1.54) is 12.1 Å². The van der Waals surface area contributed by atoms with E-state index in [1.807, 2.05) is 0 Å². The minimum Gasteiger partial charge on any atom is -0.453 e. The summed E-state index contributed by atoms with van der Waals surface area (Å²) >= 11 is 3.28. The quantitative estimate of drug-likeness (QED) is 0.779. The van der Waals surface area contributed by atoms with Gasteiger partial charge in [-0.25, -0.2) is 4.39 Å². The zero-order valence-corrected chi connectivity index (χ0v) is 9.12. The topological polar surface area (TPSA) is 30.2 Å². The Kier molecular flexibility index (Phi) is 2.68. The first-order valence-electron chi connectivity index (χ1n) is 4.21. The molecule has 0 spiro atoms. The van der Waals surface area contributed by atoms with Gasteiger partial charge in [-0.05, 0) is 30.3 Å². The summed E-state index contributed by atoms with van der Waals surface area (Å²) in [5, 5.41) is 0. The molecule has 0 aliphatic carbocycles. The third kappa shape index (κ3) is 1.99. The normalized spacial score (nSPS) is 10.3. The predicted molar refractivity (Wildman–Crippen MR) is 57.2 cm³/mol. The van der Waals surface area contributed by atoms with E-state index in [0.29, 0.717) is 17.6 Å². The van der Waals surface area contributed by atoms with Crippen molar-refractivity contribution in [2.24, 2.45) is 0 Å². The standard InChI is InChI=1S/C11H6BrFO2/c12-10-3-1-7(13)5-9(10)11-4-2-8(6-14)15-11/h1-6H. The molecular formula is C11H6BrFO2. The Hall–Kier alpha value is -1.42. The van der Waals surface area contributed by atoms with Crippen LogP contribution in [0.3, 0.4) is 0 Å². The van der Waals surface area contributed by atoms with Crippen molar-refractivity contribution in [1.82, 2.24) is 0 Å². The minimum atomic E-state index is -0.350. The number of benzene rings is 1. The Balaban J connectivity index is 2.52. The van der Waals surface area contributed by atoms with Crippen molar-refractivity contribution >= 4 is 22.2 Å². The highest BCUT2D eigenvalue weighted by Gasteiger charge is 2.08. The van der Waals surface area contributed by atoms with Gasteiger partial charge in [0.05, 0.1) is 0 Å². The molecule has 2 nitrogen and oxygen atoms in total. The number of furan rings is 1. The first-order chi connectivity index (χ1) is 7.20. The van der Waals surface area contributed by atoms with Gasteiger partial charge in [-0.1, -0.05) is 15.9 Å². The molecule has 2 rings (SSSR count). The van der Waals surface area contributed by atoms with E-state index in [0.717, 1.165) is 4.47 Å². The number of carbonyl (C=O) groups is 1. The summed E-state index contributed by atoms with van der Waals surface area (Å²) in [6.07, 6.45) is 0.608. The smallest absolute Gasteiger partial charge is 0.185 e. The Morgan fingerprint density at radius 3 is 2.73 bits per heavy atom. The number of carbonyl (C=O) groups excluding carboxylic acids is 1. The Morgan fingerprint density at radius 2 is 2.07 bits per heavy atom. The molecule has 0 bridgehead atoms. The lowest BCUT2D eigenvalue weighted by atomic mass is 10.2. The van der Waals surface area contributed by atoms with Crippen molar-refractivity contribution in [3.8, 4) is 11.3 Å². The lowest BCUT2D eigenvalue weighted by molar-refractivity contribution is 0.110. The average Bonchev–Trinajstić information content (AvgIpc) is 2.70. The van der Waals surface area contributed by atoms with Gasteiger partial charge in [0.15, 0.2) is 12.0 Å². The average molecular weight is 269 g/mol. The Morgan fingerprint density at radius 1 is 1.27 bits per heavy atom. The third-order valence-corrected chi connectivity index (χ3v) is 2.63. The number of aldehydes is 1. The van der Waals surface area contributed by atoms with Crippen LogP contribution in [-0.2, 0) is 0 Å². The molecule has 0 aliphatic heterocycles. The van der Waals surface area contributed by atoms with Gasteiger partial charge >= 0.3 is 0 Å². The van der Waals surface area contributed by atoms with Gasteiger partial charge in [0.25, 0.3) is 0 Å². The molecule has 0 aliphatic rings. The maximum Gasteiger partial charge on any atom is 0.185 e. The van der Waals surface area contributed by atoms with Gasteiger partial charge in [-0.15, -0.1) is 0 Å². The molecule has 0 atom stereocenters. The van der Waals surface area contributed by atoms with Crippen molar-refractivity contribution in [2.45, 2.75) is 0 Å². The maximum atomic E-state index is 13.0. The molecule has 1 aromatic heterocycles. The van der Waals surface area contributed by atoms with E-state index in [2.05, 4.69) is 15.9 Å². The highest BCUT2D eigenvalue weighted by molar-refractivity contribution is 9.10. The summed E-state index contributed by atoms with van der Waals surface area (Å²) in [6.45, 7) is 0. The molecule has 0 saturated heterocycles. The number of halogens is 2. The van der Waals surface area contributed by atoms with Gasteiger partial charge in [0, 0.05) is 10.0 Å². The first-order valence-corrected chi connectivity index (χ1v) is 5.00. The van der Waals surface area contributed by atoms with Gasteiger partial charge in [-0.3, -0.25) is 4.79 Å². The molecule has 0 fully saturated rings. The molecule has 0 unspecified atom stereocenters. The fourth-order valence-corrected chi connectivity index (χ4v) is 1.69. The summed E-state index contributed by atoms with van der Waals surface area (Å²) in [5.41, 5.74) is 0.586. The fourth-order valence-electron chi connectivity index (χ4n) is 1.25. The predicted octanol–water partition coefficient (Wildman–Crippen LogP) is 3.66. The van der Waals surface area contributed by atoms with Crippen LogP contribution in [0.15, 0.2) is 39.2 Å². The van der Waals surface area contributed by atoms with Crippen molar-refractivity contribution in [3.05, 3.63) is 46.4 Å². The van der Waals surface area contributed by atoms with Crippen molar-refractivity contribution < 1.29 is 13.6 Å². The van der Waals surface area contributed by atoms with Crippen molar-refractivity contribution in [2.75, 3.05) is 0 Å². The second kappa shape index (κ2) is 3.98. The van der Waals surface area contributed by atoms with Crippen LogP contribution < -0.4 is 0 Å². The molecule has 76 valence electrons. The molecule has 15 heavy (non-hydrogen) atoms. The number of rotatable bonds is 2. The number of hydrogen-bond acceptors (Lipinski definition) is 2. The zero-order chi connectivity index (χ0) is 10.8. The van der Waals surface area contributed by atoms with Gasteiger partial charge < -0.3 is 4.42 Å². The third-order valence-electron chi connectivity index (χ3n) is 1.94. The minimum absolute atomic E-state index is 0.223.